The molecule has 0 radical (unpaired) electrons. The summed E-state index contributed by atoms with van der Waals surface area (Å²) >= 11 is 0. The van der Waals surface area contributed by atoms with Gasteiger partial charge in [-0.15, -0.1) is 0 Å². The molecule has 144 valence electrons. The van der Waals surface area contributed by atoms with Crippen LogP contribution in [0.2, 0.25) is 0 Å². The third kappa shape index (κ3) is 3.40. The van der Waals surface area contributed by atoms with Crippen molar-refractivity contribution in [1.82, 2.24) is 10.3 Å². The maximum absolute atomic E-state index is 15.0. The highest BCUT2D eigenvalue weighted by atomic mass is 19.1. The minimum atomic E-state index is -1.22. The number of carbonyl (C=O) groups excluding carboxylic acids is 1. The molecule has 0 saturated carbocycles. The molecule has 2 aromatic rings. The number of β-amino-alcohol motifs (C(OH)–C–C–N with tert-alkyl or cyclic N) is 1. The first-order valence-electron chi connectivity index (χ1n) is 8.63. The van der Waals surface area contributed by atoms with Crippen LogP contribution in [0.1, 0.15) is 28.0 Å². The molecule has 0 bridgehead atoms. The summed E-state index contributed by atoms with van der Waals surface area (Å²) in [7, 11) is 0. The molecule has 27 heavy (non-hydrogen) atoms. The lowest BCUT2D eigenvalue weighted by Crippen LogP contribution is -2.52. The van der Waals surface area contributed by atoms with Gasteiger partial charge in [0.2, 0.25) is 5.91 Å². The normalized spacial score (nSPS) is 19.9. The van der Waals surface area contributed by atoms with Crippen molar-refractivity contribution in [3.05, 3.63) is 41.4 Å². The molecule has 7 nitrogen and oxygen atoms in total. The summed E-state index contributed by atoms with van der Waals surface area (Å²) in [5.41, 5.74) is 1.92. The number of amides is 1. The first-order valence-corrected chi connectivity index (χ1v) is 8.63. The standard InChI is InChI=1S/C19H22FN3O4/c1-4-15(25)22-11-5-12(24)8-23(7-11)18-14(20)6-13(19(26)27)17-16(18)9(2)10(3)21-17/h4,6,11-12,21,24H,1,5,7-8H2,2-3H3,(H,22,25)(H,26,27)/t11-,12-/m0/s1. The van der Waals surface area contributed by atoms with Crippen molar-refractivity contribution in [2.24, 2.45) is 0 Å². The number of rotatable bonds is 4. The number of H-pyrrole nitrogens is 1. The molecule has 1 saturated heterocycles. The van der Waals surface area contributed by atoms with E-state index in [0.29, 0.717) is 23.9 Å². The van der Waals surface area contributed by atoms with E-state index in [9.17, 15) is 24.2 Å². The van der Waals surface area contributed by atoms with Gasteiger partial charge in [0.1, 0.15) is 5.82 Å². The number of aromatic nitrogens is 1. The number of halogens is 1. The van der Waals surface area contributed by atoms with Gasteiger partial charge in [-0.1, -0.05) is 6.58 Å². The summed E-state index contributed by atoms with van der Waals surface area (Å²) in [4.78, 5) is 27.8. The second-order valence-corrected chi connectivity index (χ2v) is 6.89. The maximum atomic E-state index is 15.0. The van der Waals surface area contributed by atoms with Crippen LogP contribution < -0.4 is 10.2 Å². The second-order valence-electron chi connectivity index (χ2n) is 6.89. The van der Waals surface area contributed by atoms with Crippen LogP contribution in [-0.4, -0.2) is 52.3 Å². The molecule has 2 heterocycles. The van der Waals surface area contributed by atoms with E-state index in [-0.39, 0.29) is 29.7 Å². The number of benzene rings is 1. The molecule has 0 spiro atoms. The van der Waals surface area contributed by atoms with Gasteiger partial charge >= 0.3 is 5.97 Å². The van der Waals surface area contributed by atoms with Crippen LogP contribution >= 0.6 is 0 Å². The fraction of sp³-hybridized carbons (Fsp3) is 0.368. The number of aryl methyl sites for hydroxylation is 2. The van der Waals surface area contributed by atoms with E-state index >= 15 is 0 Å². The highest BCUT2D eigenvalue weighted by molar-refractivity contribution is 6.08. The smallest absolute Gasteiger partial charge is 0.337 e. The average Bonchev–Trinajstić information content (AvgIpc) is 2.88. The minimum absolute atomic E-state index is 0.142. The zero-order chi connectivity index (χ0) is 19.9. The third-order valence-corrected chi connectivity index (χ3v) is 5.01. The molecule has 2 atom stereocenters. The van der Waals surface area contributed by atoms with Crippen molar-refractivity contribution in [2.75, 3.05) is 18.0 Å². The molecular formula is C19H22FN3O4. The zero-order valence-electron chi connectivity index (χ0n) is 15.2. The molecule has 0 aliphatic carbocycles. The number of carboxylic acids is 1. The molecule has 0 unspecified atom stereocenters. The Labute approximate surface area is 155 Å². The minimum Gasteiger partial charge on any atom is -0.478 e. The lowest BCUT2D eigenvalue weighted by Gasteiger charge is -2.38. The topological polar surface area (TPSA) is 106 Å². The van der Waals surface area contributed by atoms with Crippen molar-refractivity contribution in [1.29, 1.82) is 0 Å². The molecule has 1 aromatic carbocycles. The highest BCUT2D eigenvalue weighted by Crippen LogP contribution is 2.37. The third-order valence-electron chi connectivity index (χ3n) is 5.01. The Morgan fingerprint density at radius 3 is 2.74 bits per heavy atom. The van der Waals surface area contributed by atoms with Gasteiger partial charge in [-0.3, -0.25) is 4.79 Å². The summed E-state index contributed by atoms with van der Waals surface area (Å²) in [6.45, 7) is 7.47. The van der Waals surface area contributed by atoms with Crippen LogP contribution in [0, 0.1) is 19.7 Å². The predicted octanol–water partition coefficient (Wildman–Crippen LogP) is 1.86. The number of aromatic carboxylic acids is 1. The summed E-state index contributed by atoms with van der Waals surface area (Å²) in [6, 6.07) is 0.612. The molecule has 3 rings (SSSR count). The summed E-state index contributed by atoms with van der Waals surface area (Å²) < 4.78 is 15.0. The number of aromatic amines is 1. The number of fused-ring (bicyclic) bond motifs is 1. The number of aliphatic hydroxyl groups excluding tert-OH is 1. The number of piperidine rings is 1. The Kier molecular flexibility index (Phi) is 4.93. The molecule has 1 aliphatic rings. The number of aliphatic hydroxyl groups is 1. The molecule has 8 heteroatoms. The van der Waals surface area contributed by atoms with Crippen molar-refractivity contribution in [3.8, 4) is 0 Å². The summed E-state index contributed by atoms with van der Waals surface area (Å²) in [5, 5.41) is 22.9. The van der Waals surface area contributed by atoms with Gasteiger partial charge in [-0.05, 0) is 38.0 Å². The first kappa shape index (κ1) is 18.9. The van der Waals surface area contributed by atoms with Crippen LogP contribution in [0.25, 0.3) is 10.9 Å². The van der Waals surface area contributed by atoms with Crippen LogP contribution in [0.15, 0.2) is 18.7 Å². The van der Waals surface area contributed by atoms with Crippen LogP contribution in [0.3, 0.4) is 0 Å². The number of carbonyl (C=O) groups is 2. The fourth-order valence-corrected chi connectivity index (χ4v) is 3.70. The molecule has 1 amide bonds. The zero-order valence-corrected chi connectivity index (χ0v) is 15.2. The number of nitrogens with one attached hydrogen (secondary N) is 2. The number of anilines is 1. The van der Waals surface area contributed by atoms with E-state index in [2.05, 4.69) is 16.9 Å². The largest absolute Gasteiger partial charge is 0.478 e. The Morgan fingerprint density at radius 2 is 2.11 bits per heavy atom. The van der Waals surface area contributed by atoms with Crippen molar-refractivity contribution >= 4 is 28.5 Å². The quantitative estimate of drug-likeness (QED) is 0.611. The number of hydrogen-bond donors (Lipinski definition) is 4. The summed E-state index contributed by atoms with van der Waals surface area (Å²) in [5.74, 6) is -2.26. The average molecular weight is 375 g/mol. The Balaban J connectivity index is 2.11. The van der Waals surface area contributed by atoms with Gasteiger partial charge in [0.25, 0.3) is 0 Å². The Morgan fingerprint density at radius 1 is 1.41 bits per heavy atom. The van der Waals surface area contributed by atoms with Gasteiger partial charge in [0.15, 0.2) is 0 Å². The monoisotopic (exact) mass is 375 g/mol. The van der Waals surface area contributed by atoms with Crippen LogP contribution in [0.5, 0.6) is 0 Å². The molecule has 1 fully saturated rings. The second kappa shape index (κ2) is 7.03. The summed E-state index contributed by atoms with van der Waals surface area (Å²) in [6.07, 6.45) is 0.729. The van der Waals surface area contributed by atoms with E-state index in [1.54, 1.807) is 18.7 Å². The van der Waals surface area contributed by atoms with Gasteiger partial charge < -0.3 is 25.4 Å². The van der Waals surface area contributed by atoms with Gasteiger partial charge in [-0.2, -0.15) is 0 Å². The highest BCUT2D eigenvalue weighted by Gasteiger charge is 2.31. The van der Waals surface area contributed by atoms with Crippen molar-refractivity contribution in [3.63, 3.8) is 0 Å². The first-order chi connectivity index (χ1) is 12.7. The number of hydrogen-bond acceptors (Lipinski definition) is 4. The molecule has 1 aromatic heterocycles. The van der Waals surface area contributed by atoms with Crippen LogP contribution in [-0.2, 0) is 4.79 Å². The SMILES string of the molecule is C=CC(=O)N[C@H]1C[C@H](O)CN(c2c(F)cc(C(=O)O)c3[nH]c(C)c(C)c23)C1. The van der Waals surface area contributed by atoms with Gasteiger partial charge in [-0.25, -0.2) is 9.18 Å². The number of carboxylic acid groups (broad SMARTS) is 1. The molecular weight excluding hydrogens is 353 g/mol. The maximum Gasteiger partial charge on any atom is 0.337 e. The van der Waals surface area contributed by atoms with Crippen molar-refractivity contribution < 1.29 is 24.2 Å². The number of nitrogens with zero attached hydrogens (tertiary/aromatic N) is 1. The van der Waals surface area contributed by atoms with Gasteiger partial charge in [0, 0.05) is 30.2 Å². The lowest BCUT2D eigenvalue weighted by molar-refractivity contribution is -0.117. The van der Waals surface area contributed by atoms with Gasteiger partial charge in [0.05, 0.1) is 22.9 Å². The van der Waals surface area contributed by atoms with E-state index in [4.69, 9.17) is 0 Å². The van der Waals surface area contributed by atoms with E-state index in [0.717, 1.165) is 23.4 Å². The van der Waals surface area contributed by atoms with E-state index < -0.39 is 17.9 Å². The van der Waals surface area contributed by atoms with E-state index in [1.807, 2.05) is 0 Å². The van der Waals surface area contributed by atoms with E-state index in [1.165, 1.54) is 0 Å². The fourth-order valence-electron chi connectivity index (χ4n) is 3.70. The molecule has 4 N–H and O–H groups in total. The molecule has 1 aliphatic heterocycles. The van der Waals surface area contributed by atoms with Crippen LogP contribution in [0.4, 0.5) is 10.1 Å². The van der Waals surface area contributed by atoms with Crippen molar-refractivity contribution in [2.45, 2.75) is 32.4 Å². The Hall–Kier alpha value is -2.87. The lowest BCUT2D eigenvalue weighted by atomic mass is 9.99. The predicted molar refractivity (Wildman–Crippen MR) is 99.7 cm³/mol. The Bertz CT molecular complexity index is 937.